The summed E-state index contributed by atoms with van der Waals surface area (Å²) in [7, 11) is 0. The maximum absolute atomic E-state index is 10.0. The van der Waals surface area contributed by atoms with Gasteiger partial charge in [-0.2, -0.15) is 0 Å². The van der Waals surface area contributed by atoms with Crippen molar-refractivity contribution in [3.63, 3.8) is 0 Å². The molecule has 0 unspecified atom stereocenters. The summed E-state index contributed by atoms with van der Waals surface area (Å²) in [6, 6.07) is 0. The Morgan fingerprint density at radius 1 is 1.27 bits per heavy atom. The quantitative estimate of drug-likeness (QED) is 0.567. The van der Waals surface area contributed by atoms with Crippen LogP contribution in [0.3, 0.4) is 0 Å². The highest BCUT2D eigenvalue weighted by Gasteiger charge is 1.93. The van der Waals surface area contributed by atoms with E-state index in [4.69, 9.17) is 0 Å². The Morgan fingerprint density at radius 2 is 1.55 bits per heavy atom. The van der Waals surface area contributed by atoms with Gasteiger partial charge < -0.3 is 10.5 Å². The van der Waals surface area contributed by atoms with Crippen LogP contribution in [-0.2, 0) is 14.3 Å². The van der Waals surface area contributed by atoms with Crippen LogP contribution in [0.4, 0.5) is 0 Å². The van der Waals surface area contributed by atoms with Crippen molar-refractivity contribution < 1.29 is 14.3 Å². The molecule has 0 saturated heterocycles. The average Bonchev–Trinajstić information content (AvgIpc) is 1.56. The van der Waals surface area contributed by atoms with Crippen LogP contribution in [-0.4, -0.2) is 18.0 Å². The number of rotatable bonds is 1. The summed E-state index contributed by atoms with van der Waals surface area (Å²) in [5.74, 6) is -0.546. The number of esters is 1. The lowest BCUT2D eigenvalue weighted by Gasteiger charge is -2.01. The minimum absolute atomic E-state index is 0.0255. The van der Waals surface area contributed by atoms with E-state index in [1.165, 1.54) is 13.8 Å². The van der Waals surface area contributed by atoms with E-state index in [1.54, 1.807) is 0 Å². The third kappa shape index (κ3) is 49.8. The fourth-order valence-electron chi connectivity index (χ4n) is 0.332. The zero-order valence-corrected chi connectivity index (χ0v) is 7.38. The first kappa shape index (κ1) is 12.6. The molecule has 4 heteroatoms. The normalized spacial score (nSPS) is 8.09. The summed E-state index contributed by atoms with van der Waals surface area (Å²) in [6.07, 6.45) is 0.0255. The van der Waals surface area contributed by atoms with Crippen molar-refractivity contribution in [1.29, 1.82) is 0 Å². The molecular weight excluding hydrogens is 146 g/mol. The zero-order valence-electron chi connectivity index (χ0n) is 7.38. The first-order chi connectivity index (χ1) is 4.86. The molecule has 0 atom stereocenters. The lowest BCUT2D eigenvalue weighted by atomic mass is 10.5. The van der Waals surface area contributed by atoms with Crippen LogP contribution in [0.25, 0.3) is 0 Å². The highest BCUT2D eigenvalue weighted by Crippen LogP contribution is 1.85. The summed E-state index contributed by atoms with van der Waals surface area (Å²) >= 11 is 0. The Morgan fingerprint density at radius 3 is 1.55 bits per heavy atom. The van der Waals surface area contributed by atoms with Crippen molar-refractivity contribution in [2.24, 2.45) is 5.73 Å². The maximum Gasteiger partial charge on any atom is 0.302 e. The lowest BCUT2D eigenvalue weighted by Crippen LogP contribution is -2.06. The molecule has 0 bridgehead atoms. The number of hydrogen-bond donors (Lipinski definition) is 1. The van der Waals surface area contributed by atoms with Gasteiger partial charge in [0.2, 0.25) is 5.91 Å². The molecule has 0 aliphatic rings. The molecule has 2 N–H and O–H groups in total. The second-order valence-electron chi connectivity index (χ2n) is 2.27. The predicted octanol–water partition coefficient (Wildman–Crippen LogP) is 0.449. The molecule has 11 heavy (non-hydrogen) atoms. The van der Waals surface area contributed by atoms with Crippen LogP contribution in [0.5, 0.6) is 0 Å². The van der Waals surface area contributed by atoms with Gasteiger partial charge in [0, 0.05) is 13.8 Å². The van der Waals surface area contributed by atoms with E-state index < -0.39 is 0 Å². The molecule has 1 amide bonds. The third-order valence-corrected chi connectivity index (χ3v) is 0.402. The Kier molecular flexibility index (Phi) is 8.08. The SMILES string of the molecule is CC(=O)OC(C)C.CC(N)=O. The Labute approximate surface area is 66.7 Å². The van der Waals surface area contributed by atoms with Gasteiger partial charge in [0.25, 0.3) is 0 Å². The Balaban J connectivity index is 0. The van der Waals surface area contributed by atoms with Crippen LogP contribution in [0, 0.1) is 0 Å². The summed E-state index contributed by atoms with van der Waals surface area (Å²) in [6.45, 7) is 6.35. The second-order valence-corrected chi connectivity index (χ2v) is 2.27. The smallest absolute Gasteiger partial charge is 0.302 e. The van der Waals surface area contributed by atoms with Crippen LogP contribution < -0.4 is 5.73 Å². The maximum atomic E-state index is 10.0. The Hall–Kier alpha value is -1.06. The molecule has 0 rings (SSSR count). The fourth-order valence-corrected chi connectivity index (χ4v) is 0.332. The van der Waals surface area contributed by atoms with Crippen LogP contribution in [0.2, 0.25) is 0 Å². The number of carbonyl (C=O) groups is 2. The van der Waals surface area contributed by atoms with Gasteiger partial charge in [-0.15, -0.1) is 0 Å². The van der Waals surface area contributed by atoms with E-state index in [9.17, 15) is 9.59 Å². The summed E-state index contributed by atoms with van der Waals surface area (Å²) in [5, 5.41) is 0. The molecule has 0 aromatic carbocycles. The number of ether oxygens (including phenoxy) is 1. The first-order valence-corrected chi connectivity index (χ1v) is 3.29. The molecule has 0 aromatic rings. The van der Waals surface area contributed by atoms with Crippen molar-refractivity contribution in [3.8, 4) is 0 Å². The van der Waals surface area contributed by atoms with Crippen molar-refractivity contribution in [2.45, 2.75) is 33.8 Å². The first-order valence-electron chi connectivity index (χ1n) is 3.29. The molecule has 4 nitrogen and oxygen atoms in total. The van der Waals surface area contributed by atoms with Crippen molar-refractivity contribution >= 4 is 11.9 Å². The van der Waals surface area contributed by atoms with Gasteiger partial charge in [-0.05, 0) is 13.8 Å². The Bertz CT molecular complexity index is 128. The van der Waals surface area contributed by atoms with E-state index in [2.05, 4.69) is 10.5 Å². The molecule has 0 aromatic heterocycles. The molecule has 0 saturated carbocycles. The monoisotopic (exact) mass is 161 g/mol. The van der Waals surface area contributed by atoms with Crippen molar-refractivity contribution in [2.75, 3.05) is 0 Å². The molecule has 0 aliphatic carbocycles. The number of nitrogens with two attached hydrogens (primary N) is 1. The zero-order chi connectivity index (χ0) is 9.44. The largest absolute Gasteiger partial charge is 0.463 e. The predicted molar refractivity (Wildman–Crippen MR) is 41.8 cm³/mol. The number of primary amides is 1. The van der Waals surface area contributed by atoms with Crippen LogP contribution >= 0.6 is 0 Å². The summed E-state index contributed by atoms with van der Waals surface area (Å²) in [5.41, 5.74) is 4.47. The van der Waals surface area contributed by atoms with Crippen LogP contribution in [0.1, 0.15) is 27.7 Å². The van der Waals surface area contributed by atoms with E-state index >= 15 is 0 Å². The number of hydrogen-bond acceptors (Lipinski definition) is 3. The van der Waals surface area contributed by atoms with Gasteiger partial charge >= 0.3 is 5.97 Å². The second kappa shape index (κ2) is 7.05. The highest BCUT2D eigenvalue weighted by molar-refractivity contribution is 5.70. The van der Waals surface area contributed by atoms with E-state index in [0.29, 0.717) is 0 Å². The molecule has 0 fully saturated rings. The van der Waals surface area contributed by atoms with Crippen LogP contribution in [0.15, 0.2) is 0 Å². The molecule has 0 radical (unpaired) electrons. The highest BCUT2D eigenvalue weighted by atomic mass is 16.5. The lowest BCUT2D eigenvalue weighted by molar-refractivity contribution is -0.144. The molecular formula is C7H15NO3. The van der Waals surface area contributed by atoms with Gasteiger partial charge in [0.15, 0.2) is 0 Å². The minimum Gasteiger partial charge on any atom is -0.463 e. The van der Waals surface area contributed by atoms with Gasteiger partial charge in [-0.1, -0.05) is 0 Å². The average molecular weight is 161 g/mol. The third-order valence-electron chi connectivity index (χ3n) is 0.402. The molecule has 0 spiro atoms. The standard InChI is InChI=1S/C5H10O2.C2H5NO/c1-4(2)7-5(3)6;1-2(3)4/h4H,1-3H3;1H3,(H2,3,4). The topological polar surface area (TPSA) is 69.4 Å². The van der Waals surface area contributed by atoms with Gasteiger partial charge in [0.1, 0.15) is 0 Å². The van der Waals surface area contributed by atoms with E-state index in [1.807, 2.05) is 13.8 Å². The molecule has 0 aliphatic heterocycles. The van der Waals surface area contributed by atoms with E-state index in [-0.39, 0.29) is 18.0 Å². The minimum atomic E-state index is -0.333. The van der Waals surface area contributed by atoms with Gasteiger partial charge in [0.05, 0.1) is 6.10 Å². The van der Waals surface area contributed by atoms with Gasteiger partial charge in [-0.3, -0.25) is 9.59 Å². The molecule has 66 valence electrons. The van der Waals surface area contributed by atoms with Crippen molar-refractivity contribution in [3.05, 3.63) is 0 Å². The van der Waals surface area contributed by atoms with Crippen molar-refractivity contribution in [1.82, 2.24) is 0 Å². The van der Waals surface area contributed by atoms with E-state index in [0.717, 1.165) is 0 Å². The summed E-state index contributed by atoms with van der Waals surface area (Å²) in [4.78, 5) is 19.3. The summed E-state index contributed by atoms with van der Waals surface area (Å²) < 4.78 is 4.61. The molecule has 0 heterocycles. The van der Waals surface area contributed by atoms with Gasteiger partial charge in [-0.25, -0.2) is 0 Å². The number of amides is 1. The number of carbonyl (C=O) groups excluding carboxylic acids is 2. The fraction of sp³-hybridized carbons (Fsp3) is 0.714.